The number of alkyl halides is 2. The van der Waals surface area contributed by atoms with Gasteiger partial charge in [0.25, 0.3) is 5.91 Å². The highest BCUT2D eigenvalue weighted by atomic mass is 19.3. The Labute approximate surface area is 186 Å². The normalized spacial score (nSPS) is 11.5. The lowest BCUT2D eigenvalue weighted by Gasteiger charge is -2.15. The van der Waals surface area contributed by atoms with Gasteiger partial charge < -0.3 is 15.2 Å². The minimum Gasteiger partial charge on any atom is -0.358 e. The molecule has 33 heavy (non-hydrogen) atoms. The van der Waals surface area contributed by atoms with Crippen molar-refractivity contribution in [3.05, 3.63) is 66.6 Å². The molecule has 0 bridgehead atoms. The average molecular weight is 454 g/mol. The maximum atomic E-state index is 14.0. The highest BCUT2D eigenvalue weighted by Crippen LogP contribution is 2.26. The first-order chi connectivity index (χ1) is 15.9. The molecule has 0 aromatic carbocycles. The standard InChI is InChI=1S/C22H20F2N6O3/c23-22(24,5-7-25-14-31)4-1-15-9-16-3-8-30(20(16)27-11-15)18-10-17(12-26-13-18)29-21(32)19-2-6-28-33-19/h2-3,6,8-14H,1,4-5,7H2,(H,25,31)(H,29,32). The van der Waals surface area contributed by atoms with Crippen LogP contribution in [0.15, 0.2) is 59.8 Å². The van der Waals surface area contributed by atoms with Gasteiger partial charge in [-0.05, 0) is 30.2 Å². The molecule has 9 nitrogen and oxygen atoms in total. The summed E-state index contributed by atoms with van der Waals surface area (Å²) in [6, 6.07) is 6.83. The van der Waals surface area contributed by atoms with Crippen molar-refractivity contribution in [1.82, 2.24) is 25.0 Å². The number of halogens is 2. The van der Waals surface area contributed by atoms with Gasteiger partial charge in [-0.3, -0.25) is 19.1 Å². The second-order valence-corrected chi connectivity index (χ2v) is 7.38. The fourth-order valence-electron chi connectivity index (χ4n) is 3.33. The van der Waals surface area contributed by atoms with Crippen LogP contribution < -0.4 is 10.6 Å². The smallest absolute Gasteiger partial charge is 0.294 e. The molecular formula is C22H20F2N6O3. The average Bonchev–Trinajstić information content (AvgIpc) is 3.48. The van der Waals surface area contributed by atoms with Crippen molar-refractivity contribution in [2.45, 2.75) is 25.2 Å². The van der Waals surface area contributed by atoms with E-state index in [0.717, 1.165) is 5.39 Å². The summed E-state index contributed by atoms with van der Waals surface area (Å²) in [5, 5.41) is 9.24. The number of carbonyl (C=O) groups is 2. The Morgan fingerprint density at radius 2 is 2.06 bits per heavy atom. The molecule has 0 saturated heterocycles. The number of aromatic nitrogens is 4. The summed E-state index contributed by atoms with van der Waals surface area (Å²) in [7, 11) is 0. The molecule has 0 fully saturated rings. The van der Waals surface area contributed by atoms with Gasteiger partial charge in [0, 0.05) is 43.2 Å². The Kier molecular flexibility index (Phi) is 6.38. The lowest BCUT2D eigenvalue weighted by molar-refractivity contribution is -0.109. The third-order valence-corrected chi connectivity index (χ3v) is 5.00. The molecule has 4 rings (SSSR count). The van der Waals surface area contributed by atoms with Crippen molar-refractivity contribution in [3.8, 4) is 5.69 Å². The first-order valence-corrected chi connectivity index (χ1v) is 10.1. The highest BCUT2D eigenvalue weighted by molar-refractivity contribution is 6.02. The van der Waals surface area contributed by atoms with E-state index in [1.807, 2.05) is 12.1 Å². The van der Waals surface area contributed by atoms with Crippen molar-refractivity contribution in [2.24, 2.45) is 0 Å². The Morgan fingerprint density at radius 1 is 1.18 bits per heavy atom. The second kappa shape index (κ2) is 9.55. The molecular weight excluding hydrogens is 434 g/mol. The summed E-state index contributed by atoms with van der Waals surface area (Å²) in [5.74, 6) is -3.25. The van der Waals surface area contributed by atoms with Gasteiger partial charge in [0.2, 0.25) is 18.1 Å². The Balaban J connectivity index is 1.47. The first kappa shape index (κ1) is 22.1. The Morgan fingerprint density at radius 3 is 2.85 bits per heavy atom. The van der Waals surface area contributed by atoms with Gasteiger partial charge in [-0.2, -0.15) is 0 Å². The molecule has 0 aliphatic heterocycles. The van der Waals surface area contributed by atoms with Crippen molar-refractivity contribution < 1.29 is 22.9 Å². The van der Waals surface area contributed by atoms with E-state index < -0.39 is 18.3 Å². The van der Waals surface area contributed by atoms with E-state index in [2.05, 4.69) is 25.8 Å². The molecule has 2 amide bonds. The number of fused-ring (bicyclic) bond motifs is 1. The molecule has 0 saturated carbocycles. The number of hydrogen-bond donors (Lipinski definition) is 2. The number of carbonyl (C=O) groups excluding carboxylic acids is 2. The van der Waals surface area contributed by atoms with E-state index in [0.29, 0.717) is 29.0 Å². The summed E-state index contributed by atoms with van der Waals surface area (Å²) in [4.78, 5) is 31.0. The van der Waals surface area contributed by atoms with Crippen LogP contribution in [0.3, 0.4) is 0 Å². The molecule has 4 heterocycles. The summed E-state index contributed by atoms with van der Waals surface area (Å²) in [6.07, 6.45) is 7.68. The summed E-state index contributed by atoms with van der Waals surface area (Å²) in [6.45, 7) is -0.0669. The van der Waals surface area contributed by atoms with E-state index in [9.17, 15) is 18.4 Å². The Bertz CT molecular complexity index is 1260. The van der Waals surface area contributed by atoms with Crippen LogP contribution in [0.2, 0.25) is 0 Å². The van der Waals surface area contributed by atoms with Gasteiger partial charge in [0.05, 0.1) is 30.0 Å². The third kappa shape index (κ3) is 5.37. The molecule has 4 aromatic rings. The first-order valence-electron chi connectivity index (χ1n) is 10.1. The van der Waals surface area contributed by atoms with Crippen LogP contribution in [0.4, 0.5) is 14.5 Å². The zero-order valence-electron chi connectivity index (χ0n) is 17.4. The number of aryl methyl sites for hydroxylation is 1. The fourth-order valence-corrected chi connectivity index (χ4v) is 3.33. The molecule has 11 heteroatoms. The third-order valence-electron chi connectivity index (χ3n) is 5.00. The number of rotatable bonds is 10. The number of nitrogens with zero attached hydrogens (tertiary/aromatic N) is 4. The number of pyridine rings is 2. The molecule has 0 aliphatic carbocycles. The second-order valence-electron chi connectivity index (χ2n) is 7.38. The maximum absolute atomic E-state index is 14.0. The minimum atomic E-state index is -2.88. The van der Waals surface area contributed by atoms with Gasteiger partial charge in [0.15, 0.2) is 0 Å². The summed E-state index contributed by atoms with van der Waals surface area (Å²) in [5.41, 5.74) is 2.43. The molecule has 0 aliphatic rings. The number of anilines is 1. The predicted octanol–water partition coefficient (Wildman–Crippen LogP) is 3.36. The van der Waals surface area contributed by atoms with Crippen molar-refractivity contribution in [2.75, 3.05) is 11.9 Å². The number of amides is 2. The van der Waals surface area contributed by atoms with E-state index in [1.54, 1.807) is 29.2 Å². The topological polar surface area (TPSA) is 115 Å². The van der Waals surface area contributed by atoms with E-state index in [-0.39, 0.29) is 25.1 Å². The monoisotopic (exact) mass is 454 g/mol. The molecule has 0 atom stereocenters. The SMILES string of the molecule is O=CNCCC(F)(F)CCc1cnc2c(ccn2-c2cncc(NC(=O)c3ccno3)c2)c1. The fraction of sp³-hybridized carbons (Fsp3) is 0.227. The van der Waals surface area contributed by atoms with Gasteiger partial charge in [-0.25, -0.2) is 13.8 Å². The molecule has 0 unspecified atom stereocenters. The van der Waals surface area contributed by atoms with E-state index in [1.165, 1.54) is 18.5 Å². The predicted molar refractivity (Wildman–Crippen MR) is 115 cm³/mol. The lowest BCUT2D eigenvalue weighted by Crippen LogP contribution is -2.24. The lowest BCUT2D eigenvalue weighted by atomic mass is 10.0. The van der Waals surface area contributed by atoms with Crippen molar-refractivity contribution in [3.63, 3.8) is 0 Å². The van der Waals surface area contributed by atoms with E-state index >= 15 is 0 Å². The van der Waals surface area contributed by atoms with Crippen molar-refractivity contribution >= 4 is 29.0 Å². The Hall–Kier alpha value is -4.15. The van der Waals surface area contributed by atoms with Crippen LogP contribution in [0.1, 0.15) is 29.0 Å². The van der Waals surface area contributed by atoms with Crippen LogP contribution in [0.5, 0.6) is 0 Å². The minimum absolute atomic E-state index is 0.0669. The van der Waals surface area contributed by atoms with Crippen LogP contribution >= 0.6 is 0 Å². The quantitative estimate of drug-likeness (QED) is 0.281. The highest BCUT2D eigenvalue weighted by Gasteiger charge is 2.27. The molecule has 170 valence electrons. The zero-order valence-corrected chi connectivity index (χ0v) is 17.4. The van der Waals surface area contributed by atoms with Crippen LogP contribution in [0, 0.1) is 0 Å². The van der Waals surface area contributed by atoms with Crippen LogP contribution in [0.25, 0.3) is 16.7 Å². The van der Waals surface area contributed by atoms with Crippen LogP contribution in [-0.4, -0.2) is 44.5 Å². The van der Waals surface area contributed by atoms with Crippen molar-refractivity contribution in [1.29, 1.82) is 0 Å². The van der Waals surface area contributed by atoms with E-state index in [4.69, 9.17) is 4.52 Å². The van der Waals surface area contributed by atoms with Gasteiger partial charge in [-0.1, -0.05) is 5.16 Å². The van der Waals surface area contributed by atoms with Gasteiger partial charge in [-0.15, -0.1) is 0 Å². The number of nitrogens with one attached hydrogen (secondary N) is 2. The number of hydrogen-bond acceptors (Lipinski definition) is 6. The van der Waals surface area contributed by atoms with Crippen LogP contribution in [-0.2, 0) is 11.2 Å². The molecule has 4 aromatic heterocycles. The zero-order chi connectivity index (χ0) is 23.3. The van der Waals surface area contributed by atoms with Gasteiger partial charge >= 0.3 is 0 Å². The largest absolute Gasteiger partial charge is 0.358 e. The molecule has 2 N–H and O–H groups in total. The summed E-state index contributed by atoms with van der Waals surface area (Å²) < 4.78 is 34.6. The molecule has 0 spiro atoms. The summed E-state index contributed by atoms with van der Waals surface area (Å²) >= 11 is 0. The van der Waals surface area contributed by atoms with Gasteiger partial charge in [0.1, 0.15) is 5.65 Å². The maximum Gasteiger partial charge on any atom is 0.294 e. The molecule has 0 radical (unpaired) electrons.